The van der Waals surface area contributed by atoms with Crippen LogP contribution in [0.25, 0.3) is 11.3 Å². The number of nitrogens with zero attached hydrogens (tertiary/aromatic N) is 3. The molecule has 0 saturated carbocycles. The van der Waals surface area contributed by atoms with Gasteiger partial charge in [-0.3, -0.25) is 0 Å². The summed E-state index contributed by atoms with van der Waals surface area (Å²) < 4.78 is 45.7. The summed E-state index contributed by atoms with van der Waals surface area (Å²) in [4.78, 5) is 0. The predicted octanol–water partition coefficient (Wildman–Crippen LogP) is 4.44. The molecule has 0 amide bonds. The number of hydrogen-bond donors (Lipinski definition) is 0. The fourth-order valence-electron chi connectivity index (χ4n) is 2.75. The molecule has 1 aromatic carbocycles. The molecule has 2 aromatic rings. The number of alkyl halides is 3. The lowest BCUT2D eigenvalue weighted by molar-refractivity contribution is -0.137. The maximum atomic E-state index is 12.8. The first-order valence-corrected chi connectivity index (χ1v) is 7.77. The van der Waals surface area contributed by atoms with Gasteiger partial charge in [0.25, 0.3) is 0 Å². The van der Waals surface area contributed by atoms with Crippen LogP contribution in [0.3, 0.4) is 0 Å². The summed E-state index contributed by atoms with van der Waals surface area (Å²) in [6.45, 7) is 3.00. The van der Waals surface area contributed by atoms with Crippen molar-refractivity contribution in [3.63, 3.8) is 0 Å². The van der Waals surface area contributed by atoms with Crippen LogP contribution < -0.4 is 4.74 Å². The average molecular weight is 325 g/mol. The number of ether oxygens (including phenoxy) is 1. The van der Waals surface area contributed by atoms with Gasteiger partial charge in [0.15, 0.2) is 0 Å². The molecule has 1 aliphatic rings. The summed E-state index contributed by atoms with van der Waals surface area (Å²) in [6, 6.07) is 3.57. The Morgan fingerprint density at radius 3 is 2.78 bits per heavy atom. The minimum Gasteiger partial charge on any atom is -0.486 e. The predicted molar refractivity (Wildman–Crippen MR) is 78.9 cm³/mol. The Labute approximate surface area is 132 Å². The Morgan fingerprint density at radius 2 is 2.04 bits per heavy atom. The van der Waals surface area contributed by atoms with Crippen molar-refractivity contribution >= 4 is 0 Å². The minimum absolute atomic E-state index is 0.151. The third kappa shape index (κ3) is 3.18. The van der Waals surface area contributed by atoms with Crippen LogP contribution in [0.1, 0.15) is 43.9 Å². The van der Waals surface area contributed by atoms with E-state index in [0.29, 0.717) is 17.8 Å². The first-order chi connectivity index (χ1) is 11.0. The number of unbranched alkanes of at least 4 members (excludes halogenated alkanes) is 3. The van der Waals surface area contributed by atoms with Gasteiger partial charge in [-0.2, -0.15) is 13.2 Å². The topological polar surface area (TPSA) is 39.9 Å². The fraction of sp³-hybridized carbons (Fsp3) is 0.500. The zero-order chi connectivity index (χ0) is 16.4. The van der Waals surface area contributed by atoms with Crippen molar-refractivity contribution in [1.82, 2.24) is 15.0 Å². The lowest BCUT2D eigenvalue weighted by atomic mass is 10.0. The van der Waals surface area contributed by atoms with E-state index in [9.17, 15) is 13.2 Å². The van der Waals surface area contributed by atoms with Gasteiger partial charge in [0.05, 0.1) is 11.3 Å². The molecular formula is C16H18F3N3O. The highest BCUT2D eigenvalue weighted by molar-refractivity contribution is 5.71. The summed E-state index contributed by atoms with van der Waals surface area (Å²) in [5.41, 5.74) is 1.37. The van der Waals surface area contributed by atoms with Crippen LogP contribution in [0.5, 0.6) is 5.75 Å². The summed E-state index contributed by atoms with van der Waals surface area (Å²) in [5.74, 6) is 0.240. The minimum atomic E-state index is -4.38. The van der Waals surface area contributed by atoms with Gasteiger partial charge in [0.1, 0.15) is 18.1 Å². The van der Waals surface area contributed by atoms with Crippen LogP contribution in [0, 0.1) is 0 Å². The highest BCUT2D eigenvalue weighted by Crippen LogP contribution is 2.40. The van der Waals surface area contributed by atoms with Crippen molar-refractivity contribution in [2.24, 2.45) is 0 Å². The van der Waals surface area contributed by atoms with Crippen molar-refractivity contribution in [2.45, 2.75) is 51.9 Å². The first-order valence-electron chi connectivity index (χ1n) is 7.77. The molecular weight excluding hydrogens is 307 g/mol. The Bertz CT molecular complexity index is 694. The van der Waals surface area contributed by atoms with Gasteiger partial charge in [-0.15, -0.1) is 5.10 Å². The van der Waals surface area contributed by atoms with E-state index in [1.165, 1.54) is 6.07 Å². The standard InChI is InChI=1S/C16H18F3N3O/c1-2-3-4-5-8-22-15-12-7-6-11(16(17,18)19)9-14(12)23-10-13(15)20-21-22/h6-7,9H,2-5,8,10H2,1H3. The molecule has 1 aliphatic heterocycles. The Kier molecular flexibility index (Phi) is 4.28. The van der Waals surface area contributed by atoms with E-state index in [1.54, 1.807) is 4.68 Å². The molecule has 0 fully saturated rings. The highest BCUT2D eigenvalue weighted by atomic mass is 19.4. The van der Waals surface area contributed by atoms with Gasteiger partial charge in [0.2, 0.25) is 0 Å². The van der Waals surface area contributed by atoms with Crippen LogP contribution in [-0.2, 0) is 19.3 Å². The maximum absolute atomic E-state index is 12.8. The zero-order valence-corrected chi connectivity index (χ0v) is 12.9. The van der Waals surface area contributed by atoms with Crippen LogP contribution >= 0.6 is 0 Å². The monoisotopic (exact) mass is 325 g/mol. The molecule has 0 spiro atoms. The van der Waals surface area contributed by atoms with E-state index in [4.69, 9.17) is 4.74 Å². The molecule has 4 nitrogen and oxygen atoms in total. The SMILES string of the molecule is CCCCCCn1nnc2c1-c1ccc(C(F)(F)F)cc1OC2. The van der Waals surface area contributed by atoms with E-state index >= 15 is 0 Å². The van der Waals surface area contributed by atoms with Gasteiger partial charge in [0, 0.05) is 12.1 Å². The molecule has 2 heterocycles. The molecule has 0 unspecified atom stereocenters. The van der Waals surface area contributed by atoms with Gasteiger partial charge < -0.3 is 4.74 Å². The first kappa shape index (κ1) is 15.8. The second-order valence-electron chi connectivity index (χ2n) is 5.67. The lowest BCUT2D eigenvalue weighted by Gasteiger charge is -2.19. The van der Waals surface area contributed by atoms with E-state index in [-0.39, 0.29) is 12.4 Å². The number of benzene rings is 1. The molecule has 124 valence electrons. The number of aromatic nitrogens is 3. The number of aryl methyl sites for hydroxylation is 1. The summed E-state index contributed by atoms with van der Waals surface area (Å²) in [7, 11) is 0. The molecule has 0 aliphatic carbocycles. The van der Waals surface area contributed by atoms with E-state index in [2.05, 4.69) is 17.2 Å². The lowest BCUT2D eigenvalue weighted by Crippen LogP contribution is -2.11. The summed E-state index contributed by atoms with van der Waals surface area (Å²) >= 11 is 0. The molecule has 0 N–H and O–H groups in total. The Balaban J connectivity index is 1.89. The fourth-order valence-corrected chi connectivity index (χ4v) is 2.75. The van der Waals surface area contributed by atoms with Gasteiger partial charge in [-0.25, -0.2) is 4.68 Å². The molecule has 3 rings (SSSR count). The van der Waals surface area contributed by atoms with Crippen LogP contribution in [0.4, 0.5) is 13.2 Å². The normalized spacial score (nSPS) is 13.4. The van der Waals surface area contributed by atoms with Crippen molar-refractivity contribution in [2.75, 3.05) is 0 Å². The van der Waals surface area contributed by atoms with E-state index in [1.807, 2.05) is 0 Å². The molecule has 0 atom stereocenters. The third-order valence-corrected chi connectivity index (χ3v) is 3.96. The quantitative estimate of drug-likeness (QED) is 0.763. The number of halogens is 3. The van der Waals surface area contributed by atoms with E-state index in [0.717, 1.165) is 43.5 Å². The second-order valence-corrected chi connectivity index (χ2v) is 5.67. The average Bonchev–Trinajstić information content (AvgIpc) is 2.94. The number of rotatable bonds is 5. The third-order valence-electron chi connectivity index (χ3n) is 3.96. The second kappa shape index (κ2) is 6.22. The number of fused-ring (bicyclic) bond motifs is 3. The van der Waals surface area contributed by atoms with Crippen LogP contribution in [0.2, 0.25) is 0 Å². The van der Waals surface area contributed by atoms with Crippen molar-refractivity contribution in [1.29, 1.82) is 0 Å². The van der Waals surface area contributed by atoms with Crippen molar-refractivity contribution in [3.8, 4) is 17.0 Å². The van der Waals surface area contributed by atoms with Gasteiger partial charge in [-0.05, 0) is 24.6 Å². The van der Waals surface area contributed by atoms with Crippen molar-refractivity contribution in [3.05, 3.63) is 29.5 Å². The van der Waals surface area contributed by atoms with Crippen molar-refractivity contribution < 1.29 is 17.9 Å². The van der Waals surface area contributed by atoms with E-state index < -0.39 is 11.7 Å². The highest BCUT2D eigenvalue weighted by Gasteiger charge is 2.33. The largest absolute Gasteiger partial charge is 0.486 e. The van der Waals surface area contributed by atoms with Crippen LogP contribution in [0.15, 0.2) is 18.2 Å². The Hall–Kier alpha value is -2.05. The summed E-state index contributed by atoms with van der Waals surface area (Å²) in [6.07, 6.45) is -0.00281. The molecule has 0 radical (unpaired) electrons. The zero-order valence-electron chi connectivity index (χ0n) is 12.9. The molecule has 0 saturated heterocycles. The van der Waals surface area contributed by atoms with Crippen LogP contribution in [-0.4, -0.2) is 15.0 Å². The maximum Gasteiger partial charge on any atom is 0.416 e. The number of hydrogen-bond acceptors (Lipinski definition) is 3. The Morgan fingerprint density at radius 1 is 1.22 bits per heavy atom. The molecule has 23 heavy (non-hydrogen) atoms. The molecule has 7 heteroatoms. The van der Waals surface area contributed by atoms with Gasteiger partial charge >= 0.3 is 6.18 Å². The smallest absolute Gasteiger partial charge is 0.416 e. The summed E-state index contributed by atoms with van der Waals surface area (Å²) in [5, 5.41) is 8.22. The van der Waals surface area contributed by atoms with Gasteiger partial charge in [-0.1, -0.05) is 31.4 Å². The molecule has 0 bridgehead atoms. The molecule has 1 aromatic heterocycles.